The number of hydrogen-bond acceptors (Lipinski definition) is 6. The molecule has 10 heteroatoms. The van der Waals surface area contributed by atoms with Crippen molar-refractivity contribution in [3.05, 3.63) is 95.1 Å². The number of carbonyl (C=O) groups excluding carboxylic acids is 2. The number of aliphatic imine (C=N–C) groups is 1. The number of hydrogen-bond donors (Lipinski definition) is 2. The largest absolute Gasteiger partial charge is 0.462 e. The van der Waals surface area contributed by atoms with E-state index in [1.54, 1.807) is 66.4 Å². The monoisotopic (exact) mass is 510 g/mol. The number of primary amides is 1. The molecule has 192 valence electrons. The number of alkyl halides is 3. The number of nitrogens with one attached hydrogen (secondary N) is 1. The van der Waals surface area contributed by atoms with E-state index in [9.17, 15) is 22.8 Å². The lowest BCUT2D eigenvalue weighted by atomic mass is 9.97. The number of benzene rings is 3. The van der Waals surface area contributed by atoms with Crippen molar-refractivity contribution in [1.29, 1.82) is 0 Å². The number of guanidine groups is 1. The molecule has 1 aliphatic heterocycles. The van der Waals surface area contributed by atoms with Crippen LogP contribution >= 0.6 is 0 Å². The number of ether oxygens (including phenoxy) is 1. The van der Waals surface area contributed by atoms with Crippen LogP contribution < -0.4 is 11.1 Å². The molecule has 4 rings (SSSR count). The average molecular weight is 511 g/mol. The van der Waals surface area contributed by atoms with Crippen molar-refractivity contribution in [3.8, 4) is 0 Å². The Morgan fingerprint density at radius 1 is 1.05 bits per heavy atom. The van der Waals surface area contributed by atoms with Gasteiger partial charge in [-0.2, -0.15) is 13.2 Å². The van der Waals surface area contributed by atoms with Crippen LogP contribution in [-0.4, -0.2) is 29.3 Å². The van der Waals surface area contributed by atoms with Gasteiger partial charge in [0.25, 0.3) is 0 Å². The molecule has 0 aliphatic carbocycles. The minimum atomic E-state index is -4.51. The highest BCUT2D eigenvalue weighted by Crippen LogP contribution is 2.38. The highest BCUT2D eigenvalue weighted by molar-refractivity contribution is 6.03. The van der Waals surface area contributed by atoms with Gasteiger partial charge < -0.3 is 20.7 Å². The van der Waals surface area contributed by atoms with Gasteiger partial charge in [0.2, 0.25) is 11.9 Å². The van der Waals surface area contributed by atoms with E-state index in [2.05, 4.69) is 5.32 Å². The molecule has 1 heterocycles. The lowest BCUT2D eigenvalue weighted by molar-refractivity contribution is -0.137. The molecule has 1 aliphatic rings. The average Bonchev–Trinajstić information content (AvgIpc) is 2.86. The third kappa shape index (κ3) is 5.91. The number of nitrogens with zero attached hydrogens (tertiary/aromatic N) is 2. The Balaban J connectivity index is 1.79. The zero-order valence-corrected chi connectivity index (χ0v) is 20.0. The molecule has 1 amide bonds. The minimum Gasteiger partial charge on any atom is -0.462 e. The van der Waals surface area contributed by atoms with Gasteiger partial charge in [-0.1, -0.05) is 42.5 Å². The van der Waals surface area contributed by atoms with E-state index in [-0.39, 0.29) is 31.1 Å². The molecule has 0 radical (unpaired) electrons. The summed E-state index contributed by atoms with van der Waals surface area (Å²) in [6.45, 7) is 1.87. The Kier molecular flexibility index (Phi) is 7.47. The van der Waals surface area contributed by atoms with Crippen molar-refractivity contribution in [2.45, 2.75) is 32.1 Å². The summed E-state index contributed by atoms with van der Waals surface area (Å²) >= 11 is 0. The van der Waals surface area contributed by atoms with Gasteiger partial charge in [0.05, 0.1) is 41.6 Å². The number of anilines is 1. The molecule has 3 aromatic rings. The quantitative estimate of drug-likeness (QED) is 0.414. The summed E-state index contributed by atoms with van der Waals surface area (Å²) in [5.74, 6) is -0.873. The van der Waals surface area contributed by atoms with Crippen LogP contribution in [-0.2, 0) is 22.3 Å². The predicted molar refractivity (Wildman–Crippen MR) is 133 cm³/mol. The van der Waals surface area contributed by atoms with E-state index in [1.165, 1.54) is 6.07 Å². The minimum absolute atomic E-state index is 0.0103. The second kappa shape index (κ2) is 10.7. The molecular weight excluding hydrogens is 485 g/mol. The highest BCUT2D eigenvalue weighted by Gasteiger charge is 2.34. The Morgan fingerprint density at radius 3 is 2.51 bits per heavy atom. The molecule has 1 unspecified atom stereocenters. The molecule has 0 aromatic heterocycles. The normalized spacial score (nSPS) is 15.0. The molecule has 0 spiro atoms. The zero-order chi connectivity index (χ0) is 26.6. The van der Waals surface area contributed by atoms with E-state index in [0.29, 0.717) is 22.5 Å². The number of nitrogens with two attached hydrogens (primary N) is 1. The first kappa shape index (κ1) is 25.7. The summed E-state index contributed by atoms with van der Waals surface area (Å²) in [5.41, 5.74) is 7.09. The van der Waals surface area contributed by atoms with Gasteiger partial charge in [0.1, 0.15) is 0 Å². The number of fused-ring (bicyclic) bond motifs is 1. The lowest BCUT2D eigenvalue weighted by Gasteiger charge is -2.38. The molecule has 0 saturated heterocycles. The third-order valence-corrected chi connectivity index (χ3v) is 5.84. The second-order valence-electron chi connectivity index (χ2n) is 8.40. The number of halogens is 3. The summed E-state index contributed by atoms with van der Waals surface area (Å²) in [6.07, 6.45) is -4.61. The molecule has 37 heavy (non-hydrogen) atoms. The van der Waals surface area contributed by atoms with Gasteiger partial charge in [-0.3, -0.25) is 4.79 Å². The topological polar surface area (TPSA) is 97.0 Å². The van der Waals surface area contributed by atoms with E-state index in [1.807, 2.05) is 0 Å². The summed E-state index contributed by atoms with van der Waals surface area (Å²) < 4.78 is 45.3. The van der Waals surface area contributed by atoms with E-state index in [4.69, 9.17) is 15.5 Å². The van der Waals surface area contributed by atoms with Crippen molar-refractivity contribution in [3.63, 3.8) is 0 Å². The summed E-state index contributed by atoms with van der Waals surface area (Å²) in [6, 6.07) is 18.2. The molecule has 0 fully saturated rings. The fourth-order valence-corrected chi connectivity index (χ4v) is 4.20. The summed E-state index contributed by atoms with van der Waals surface area (Å²) in [5, 5.41) is 3.15. The summed E-state index contributed by atoms with van der Waals surface area (Å²) in [4.78, 5) is 31.0. The highest BCUT2D eigenvalue weighted by atomic mass is 19.4. The first-order valence-corrected chi connectivity index (χ1v) is 11.6. The third-order valence-electron chi connectivity index (χ3n) is 5.84. The summed E-state index contributed by atoms with van der Waals surface area (Å²) in [7, 11) is 0. The smallest absolute Gasteiger partial charge is 0.416 e. The van der Waals surface area contributed by atoms with Crippen molar-refractivity contribution < 1.29 is 27.5 Å². The number of esters is 1. The SMILES string of the molecule is CCOC(=O)c1ccccc1NC1=Nc2ccccc2C(CC(N)=O)N1Cc1cccc(C(F)(F)F)c1. The van der Waals surface area contributed by atoms with Crippen LogP contribution in [0.3, 0.4) is 0 Å². The Labute approximate surface area is 211 Å². The van der Waals surface area contributed by atoms with Crippen LogP contribution in [0.1, 0.15) is 46.4 Å². The molecular formula is C27H25F3N4O3. The fraction of sp³-hybridized carbons (Fsp3) is 0.222. The van der Waals surface area contributed by atoms with Crippen LogP contribution in [0, 0.1) is 0 Å². The van der Waals surface area contributed by atoms with Crippen molar-refractivity contribution in [1.82, 2.24) is 4.90 Å². The van der Waals surface area contributed by atoms with Crippen LogP contribution in [0.5, 0.6) is 0 Å². The van der Waals surface area contributed by atoms with Gasteiger partial charge in [0.15, 0.2) is 0 Å². The molecule has 1 atom stereocenters. The number of carbonyl (C=O) groups is 2. The molecule has 0 saturated carbocycles. The van der Waals surface area contributed by atoms with Gasteiger partial charge in [-0.25, -0.2) is 9.79 Å². The number of amides is 1. The molecule has 3 aromatic carbocycles. The second-order valence-corrected chi connectivity index (χ2v) is 8.40. The Morgan fingerprint density at radius 2 is 1.78 bits per heavy atom. The first-order chi connectivity index (χ1) is 17.7. The van der Waals surface area contributed by atoms with Crippen molar-refractivity contribution >= 4 is 29.2 Å². The lowest BCUT2D eigenvalue weighted by Crippen LogP contribution is -2.42. The molecule has 0 bridgehead atoms. The Bertz CT molecular complexity index is 1340. The van der Waals surface area contributed by atoms with Gasteiger partial charge >= 0.3 is 12.1 Å². The van der Waals surface area contributed by atoms with E-state index >= 15 is 0 Å². The molecule has 3 N–H and O–H groups in total. The predicted octanol–water partition coefficient (Wildman–Crippen LogP) is 5.41. The standard InChI is InChI=1S/C27H25F3N4O3/c1-2-37-25(36)20-11-4-6-13-22(20)33-26-32-21-12-5-3-10-19(21)23(15-24(31)35)34(26)16-17-8-7-9-18(14-17)27(28,29)30/h3-14,23H,2,15-16H2,1H3,(H2,31,35)(H,32,33). The van der Waals surface area contributed by atoms with Crippen molar-refractivity contribution in [2.24, 2.45) is 10.7 Å². The fourth-order valence-electron chi connectivity index (χ4n) is 4.20. The van der Waals surface area contributed by atoms with E-state index < -0.39 is 29.7 Å². The Hall–Kier alpha value is -4.34. The zero-order valence-electron chi connectivity index (χ0n) is 20.0. The van der Waals surface area contributed by atoms with Gasteiger partial charge in [-0.15, -0.1) is 0 Å². The van der Waals surface area contributed by atoms with Gasteiger partial charge in [0, 0.05) is 12.1 Å². The van der Waals surface area contributed by atoms with Crippen LogP contribution in [0.15, 0.2) is 77.8 Å². The van der Waals surface area contributed by atoms with Crippen LogP contribution in [0.2, 0.25) is 0 Å². The van der Waals surface area contributed by atoms with Crippen molar-refractivity contribution in [2.75, 3.05) is 11.9 Å². The maximum atomic E-state index is 13.4. The number of rotatable bonds is 7. The van der Waals surface area contributed by atoms with Gasteiger partial charge in [-0.05, 0) is 42.8 Å². The maximum absolute atomic E-state index is 13.4. The van der Waals surface area contributed by atoms with E-state index in [0.717, 1.165) is 12.1 Å². The van der Waals surface area contributed by atoms with Crippen LogP contribution in [0.25, 0.3) is 0 Å². The maximum Gasteiger partial charge on any atom is 0.416 e. The van der Waals surface area contributed by atoms with Crippen LogP contribution in [0.4, 0.5) is 24.5 Å². The first-order valence-electron chi connectivity index (χ1n) is 11.6. The molecule has 7 nitrogen and oxygen atoms in total. The number of para-hydroxylation sites is 2.